The van der Waals surface area contributed by atoms with Gasteiger partial charge >= 0.3 is 6.09 Å². The van der Waals surface area contributed by atoms with Gasteiger partial charge in [-0.1, -0.05) is 26.0 Å². The third-order valence-electron chi connectivity index (χ3n) is 4.86. The Morgan fingerprint density at radius 1 is 1.21 bits per heavy atom. The molecule has 0 radical (unpaired) electrons. The monoisotopic (exact) mass is 504 g/mol. The van der Waals surface area contributed by atoms with Crippen molar-refractivity contribution in [3.8, 4) is 5.75 Å². The first-order valence-electron chi connectivity index (χ1n) is 9.43. The molecule has 1 heterocycles. The van der Waals surface area contributed by atoms with Gasteiger partial charge in [-0.05, 0) is 24.6 Å². The van der Waals surface area contributed by atoms with Crippen LogP contribution < -0.4 is 10.1 Å². The number of carbonyl (C=O) groups excluding carboxylic acids is 1. The molecule has 7 nitrogen and oxygen atoms in total. The predicted octanol–water partition coefficient (Wildman–Crippen LogP) is 2.94. The molecule has 2 rings (SSSR count). The molecule has 1 aromatic rings. The number of carbonyl (C=O) groups is 1. The summed E-state index contributed by atoms with van der Waals surface area (Å²) >= 11 is 0. The van der Waals surface area contributed by atoms with Gasteiger partial charge in [-0.3, -0.25) is 4.99 Å². The molecule has 0 aromatic heterocycles. The maximum absolute atomic E-state index is 11.8. The summed E-state index contributed by atoms with van der Waals surface area (Å²) in [6.45, 7) is 10.1. The minimum atomic E-state index is -0.237. The quantitative estimate of drug-likeness (QED) is 0.380. The third kappa shape index (κ3) is 6.42. The fourth-order valence-electron chi connectivity index (χ4n) is 3.09. The number of nitrogens with zero attached hydrogens (tertiary/aromatic N) is 3. The van der Waals surface area contributed by atoms with E-state index in [0.717, 1.165) is 31.3 Å². The van der Waals surface area contributed by atoms with Gasteiger partial charge in [-0.25, -0.2) is 4.79 Å². The van der Waals surface area contributed by atoms with Gasteiger partial charge < -0.3 is 24.6 Å². The van der Waals surface area contributed by atoms with Crippen LogP contribution in [-0.2, 0) is 10.2 Å². The Kier molecular flexibility index (Phi) is 9.84. The fraction of sp³-hybridized carbons (Fsp3) is 0.600. The maximum Gasteiger partial charge on any atom is 0.409 e. The van der Waals surface area contributed by atoms with Crippen LogP contribution in [0.15, 0.2) is 29.3 Å². The Bertz CT molecular complexity index is 659. The SMILES string of the molecule is CCOC(=O)N1CCN(C(=NC)NCC(C)(C)c2cccc(OC)c2)CC1.I. The molecular weight excluding hydrogens is 471 g/mol. The highest BCUT2D eigenvalue weighted by Gasteiger charge is 2.26. The molecule has 1 N–H and O–H groups in total. The molecule has 8 heteroatoms. The summed E-state index contributed by atoms with van der Waals surface area (Å²) in [6.07, 6.45) is -0.237. The van der Waals surface area contributed by atoms with E-state index >= 15 is 0 Å². The molecule has 1 aliphatic heterocycles. The number of piperazine rings is 1. The number of nitrogens with one attached hydrogen (secondary N) is 1. The Hall–Kier alpha value is -1.71. The van der Waals surface area contributed by atoms with Crippen molar-refractivity contribution in [1.82, 2.24) is 15.1 Å². The number of hydrogen-bond donors (Lipinski definition) is 1. The molecule has 0 unspecified atom stereocenters. The largest absolute Gasteiger partial charge is 0.497 e. The van der Waals surface area contributed by atoms with Crippen molar-refractivity contribution in [3.63, 3.8) is 0 Å². The smallest absolute Gasteiger partial charge is 0.409 e. The minimum Gasteiger partial charge on any atom is -0.497 e. The second-order valence-corrected chi connectivity index (χ2v) is 7.19. The van der Waals surface area contributed by atoms with E-state index in [0.29, 0.717) is 19.7 Å². The van der Waals surface area contributed by atoms with Crippen molar-refractivity contribution in [2.45, 2.75) is 26.2 Å². The Morgan fingerprint density at radius 3 is 2.43 bits per heavy atom. The van der Waals surface area contributed by atoms with Gasteiger partial charge in [-0.15, -0.1) is 24.0 Å². The van der Waals surface area contributed by atoms with Crippen molar-refractivity contribution in [1.29, 1.82) is 0 Å². The zero-order chi connectivity index (χ0) is 19.9. The molecular formula is C20H33IN4O3. The standard InChI is InChI=1S/C20H32N4O3.HI/c1-6-27-19(25)24-12-10-23(11-13-24)18(21-4)22-15-20(2,3)16-8-7-9-17(14-16)26-5;/h7-9,14H,6,10-13,15H2,1-5H3,(H,21,22);1H. The molecule has 0 spiro atoms. The summed E-state index contributed by atoms with van der Waals surface area (Å²) in [5.41, 5.74) is 1.12. The molecule has 1 aliphatic rings. The van der Waals surface area contributed by atoms with Crippen LogP contribution in [0.5, 0.6) is 5.75 Å². The van der Waals surface area contributed by atoms with Crippen LogP contribution in [0.1, 0.15) is 26.3 Å². The van der Waals surface area contributed by atoms with Gasteiger partial charge in [-0.2, -0.15) is 0 Å². The van der Waals surface area contributed by atoms with Crippen LogP contribution >= 0.6 is 24.0 Å². The van der Waals surface area contributed by atoms with Crippen LogP contribution in [0, 0.1) is 0 Å². The zero-order valence-corrected chi connectivity index (χ0v) is 19.9. The molecule has 0 atom stereocenters. The highest BCUT2D eigenvalue weighted by atomic mass is 127. The lowest BCUT2D eigenvalue weighted by Gasteiger charge is -2.37. The van der Waals surface area contributed by atoms with Crippen LogP contribution in [0.3, 0.4) is 0 Å². The number of halogens is 1. The summed E-state index contributed by atoms with van der Waals surface area (Å²) in [7, 11) is 3.47. The number of ether oxygens (including phenoxy) is 2. The third-order valence-corrected chi connectivity index (χ3v) is 4.86. The lowest BCUT2D eigenvalue weighted by molar-refractivity contribution is 0.0914. The van der Waals surface area contributed by atoms with Gasteiger partial charge in [0.05, 0.1) is 13.7 Å². The van der Waals surface area contributed by atoms with Gasteiger partial charge in [0.25, 0.3) is 0 Å². The van der Waals surface area contributed by atoms with Crippen molar-refractivity contribution >= 4 is 36.0 Å². The Labute approximate surface area is 185 Å². The number of guanidine groups is 1. The van der Waals surface area contributed by atoms with E-state index in [4.69, 9.17) is 9.47 Å². The van der Waals surface area contributed by atoms with E-state index in [1.807, 2.05) is 19.1 Å². The van der Waals surface area contributed by atoms with Crippen molar-refractivity contribution in [2.75, 3.05) is 53.5 Å². The normalized spacial score (nSPS) is 15.0. The fourth-order valence-corrected chi connectivity index (χ4v) is 3.09. The average Bonchev–Trinajstić information content (AvgIpc) is 2.69. The first-order valence-corrected chi connectivity index (χ1v) is 9.43. The lowest BCUT2D eigenvalue weighted by atomic mass is 9.84. The minimum absolute atomic E-state index is 0. The van der Waals surface area contributed by atoms with Crippen molar-refractivity contribution in [2.24, 2.45) is 4.99 Å². The molecule has 158 valence electrons. The van der Waals surface area contributed by atoms with Crippen molar-refractivity contribution < 1.29 is 14.3 Å². The van der Waals surface area contributed by atoms with Gasteiger partial charge in [0.15, 0.2) is 5.96 Å². The Balaban J connectivity index is 0.00000392. The number of amides is 1. The highest BCUT2D eigenvalue weighted by molar-refractivity contribution is 14.0. The molecule has 1 fully saturated rings. The molecule has 0 bridgehead atoms. The topological polar surface area (TPSA) is 66.4 Å². The lowest BCUT2D eigenvalue weighted by Crippen LogP contribution is -2.55. The summed E-state index contributed by atoms with van der Waals surface area (Å²) < 4.78 is 10.4. The first kappa shape index (κ1) is 24.3. The maximum atomic E-state index is 11.8. The van der Waals surface area contributed by atoms with E-state index < -0.39 is 0 Å². The van der Waals surface area contributed by atoms with Crippen LogP contribution in [-0.4, -0.2) is 75.3 Å². The molecule has 1 amide bonds. The number of benzene rings is 1. The van der Waals surface area contributed by atoms with E-state index in [2.05, 4.69) is 41.2 Å². The highest BCUT2D eigenvalue weighted by Crippen LogP contribution is 2.25. The predicted molar refractivity (Wildman–Crippen MR) is 123 cm³/mol. The zero-order valence-electron chi connectivity index (χ0n) is 17.5. The average molecular weight is 504 g/mol. The van der Waals surface area contributed by atoms with Crippen molar-refractivity contribution in [3.05, 3.63) is 29.8 Å². The number of hydrogen-bond acceptors (Lipinski definition) is 4. The molecule has 0 aliphatic carbocycles. The number of rotatable bonds is 5. The molecule has 1 aromatic carbocycles. The number of aliphatic imine (C=N–C) groups is 1. The van der Waals surface area contributed by atoms with E-state index in [-0.39, 0.29) is 35.5 Å². The summed E-state index contributed by atoms with van der Waals surface area (Å²) in [5, 5.41) is 3.49. The van der Waals surface area contributed by atoms with Crippen LogP contribution in [0.25, 0.3) is 0 Å². The number of methoxy groups -OCH3 is 1. The van der Waals surface area contributed by atoms with Gasteiger partial charge in [0.2, 0.25) is 0 Å². The second-order valence-electron chi connectivity index (χ2n) is 7.19. The van der Waals surface area contributed by atoms with Crippen LogP contribution in [0.2, 0.25) is 0 Å². The molecule has 1 saturated heterocycles. The van der Waals surface area contributed by atoms with Gasteiger partial charge in [0, 0.05) is 45.2 Å². The first-order chi connectivity index (χ1) is 12.9. The molecule has 0 saturated carbocycles. The summed E-state index contributed by atoms with van der Waals surface area (Å²) in [5.74, 6) is 1.72. The Morgan fingerprint density at radius 2 is 1.86 bits per heavy atom. The summed E-state index contributed by atoms with van der Waals surface area (Å²) in [6, 6.07) is 8.15. The summed E-state index contributed by atoms with van der Waals surface area (Å²) in [4.78, 5) is 20.2. The van der Waals surface area contributed by atoms with Gasteiger partial charge in [0.1, 0.15) is 5.75 Å². The van der Waals surface area contributed by atoms with E-state index in [1.54, 1.807) is 19.1 Å². The molecule has 28 heavy (non-hydrogen) atoms. The van der Waals surface area contributed by atoms with Crippen LogP contribution in [0.4, 0.5) is 4.79 Å². The second kappa shape index (κ2) is 11.3. The van der Waals surface area contributed by atoms with E-state index in [9.17, 15) is 4.79 Å². The van der Waals surface area contributed by atoms with E-state index in [1.165, 1.54) is 5.56 Å².